The van der Waals surface area contributed by atoms with Crippen molar-refractivity contribution in [2.75, 3.05) is 32.4 Å². The molecule has 1 saturated carbocycles. The summed E-state index contributed by atoms with van der Waals surface area (Å²) in [6.45, 7) is 1.55. The van der Waals surface area contributed by atoms with E-state index in [4.69, 9.17) is 14.2 Å². The third kappa shape index (κ3) is 3.52. The molecule has 2 fully saturated rings. The molecule has 0 bridgehead atoms. The van der Waals surface area contributed by atoms with Crippen molar-refractivity contribution in [3.05, 3.63) is 51.3 Å². The molecule has 1 aliphatic carbocycles. The lowest BCUT2D eigenvalue weighted by Gasteiger charge is -2.52. The van der Waals surface area contributed by atoms with Gasteiger partial charge >= 0.3 is 5.97 Å². The van der Waals surface area contributed by atoms with E-state index < -0.39 is 11.4 Å². The van der Waals surface area contributed by atoms with Gasteiger partial charge in [-0.25, -0.2) is 4.79 Å². The van der Waals surface area contributed by atoms with Crippen LogP contribution >= 0.6 is 0 Å². The molecule has 1 aromatic heterocycles. The Morgan fingerprint density at radius 1 is 1.15 bits per heavy atom. The molecule has 2 aliphatic heterocycles. The maximum atomic E-state index is 12.7. The number of aromatic carboxylic acids is 1. The van der Waals surface area contributed by atoms with E-state index in [2.05, 4.69) is 11.1 Å². The zero-order valence-electron chi connectivity index (χ0n) is 19.1. The number of pyridine rings is 1. The number of carboxylic acid groups (broad SMARTS) is 1. The van der Waals surface area contributed by atoms with Crippen molar-refractivity contribution in [2.24, 2.45) is 0 Å². The summed E-state index contributed by atoms with van der Waals surface area (Å²) in [5, 5.41) is 11.9. The maximum absolute atomic E-state index is 12.7. The highest BCUT2D eigenvalue weighted by Crippen LogP contribution is 2.55. The Kier molecular flexibility index (Phi) is 5.66. The average Bonchev–Trinajstić information content (AvgIpc) is 3.18. The van der Waals surface area contributed by atoms with Crippen molar-refractivity contribution >= 4 is 5.97 Å². The fraction of sp³-hybridized carbons (Fsp3) is 0.520. The first-order valence-electron chi connectivity index (χ1n) is 11.6. The molecule has 1 saturated heterocycles. The molecule has 0 unspecified atom stereocenters. The van der Waals surface area contributed by atoms with Crippen molar-refractivity contribution < 1.29 is 24.1 Å². The summed E-state index contributed by atoms with van der Waals surface area (Å²) in [7, 11) is 3.32. The van der Waals surface area contributed by atoms with Crippen LogP contribution in [0.1, 0.15) is 66.1 Å². The number of nitrogens with zero attached hydrogens (tertiary/aromatic N) is 2. The van der Waals surface area contributed by atoms with Crippen LogP contribution in [0.25, 0.3) is 11.3 Å². The van der Waals surface area contributed by atoms with Gasteiger partial charge in [0.05, 0.1) is 30.5 Å². The molecule has 0 amide bonds. The van der Waals surface area contributed by atoms with Gasteiger partial charge in [-0.1, -0.05) is 0 Å². The zero-order chi connectivity index (χ0) is 23.2. The van der Waals surface area contributed by atoms with Crippen LogP contribution in [0.15, 0.2) is 29.2 Å². The Bertz CT molecular complexity index is 1140. The number of carboxylic acids is 1. The van der Waals surface area contributed by atoms with E-state index in [1.807, 2.05) is 10.7 Å². The highest BCUT2D eigenvalue weighted by Gasteiger charge is 2.53. The number of carbonyl (C=O) groups is 1. The van der Waals surface area contributed by atoms with Gasteiger partial charge in [0.25, 0.3) is 0 Å². The molecule has 5 rings (SSSR count). The van der Waals surface area contributed by atoms with E-state index in [1.165, 1.54) is 12.3 Å². The van der Waals surface area contributed by atoms with E-state index in [0.717, 1.165) is 66.7 Å². The fourth-order valence-electron chi connectivity index (χ4n) is 5.69. The molecule has 33 heavy (non-hydrogen) atoms. The minimum absolute atomic E-state index is 0.0205. The Morgan fingerprint density at radius 3 is 2.64 bits per heavy atom. The minimum atomic E-state index is -1.20. The van der Waals surface area contributed by atoms with Gasteiger partial charge in [-0.05, 0) is 49.8 Å². The molecule has 1 spiro atoms. The molecule has 1 atom stereocenters. The lowest BCUT2D eigenvalue weighted by Crippen LogP contribution is -2.57. The number of hydrogen-bond donors (Lipinski definition) is 1. The van der Waals surface area contributed by atoms with E-state index in [1.54, 1.807) is 14.2 Å². The third-order valence-electron chi connectivity index (χ3n) is 7.36. The standard InChI is InChI=1S/C25H30N2O6/c1-31-9-4-10-33-23-12-18-17(11-16(23)15-32-2)21-13-22(28)19(24(29)30)14-26(21)27-20(18)5-8-25(27)6-3-7-25/h11-14,20H,3-10,15H2,1-2H3,(H,29,30)/t20-/m1/s1. The molecule has 1 aromatic carbocycles. The van der Waals surface area contributed by atoms with E-state index in [9.17, 15) is 14.7 Å². The summed E-state index contributed by atoms with van der Waals surface area (Å²) in [6.07, 6.45) is 7.66. The van der Waals surface area contributed by atoms with Gasteiger partial charge in [0.15, 0.2) is 5.43 Å². The Hall–Kier alpha value is -2.84. The smallest absolute Gasteiger partial charge is 0.341 e. The first-order chi connectivity index (χ1) is 16.0. The van der Waals surface area contributed by atoms with Gasteiger partial charge in [-0.15, -0.1) is 0 Å². The molecular formula is C25H30N2O6. The Labute approximate surface area is 192 Å². The SMILES string of the molecule is COCCCOc1cc2c(cc1COC)-c1cc(=O)c(C(=O)O)cn1N1[C@@H]2CCC12CCC2. The molecule has 3 aliphatic rings. The van der Waals surface area contributed by atoms with Gasteiger partial charge in [0.2, 0.25) is 0 Å². The number of fused-ring (bicyclic) bond motifs is 7. The number of aromatic nitrogens is 1. The molecule has 0 radical (unpaired) electrons. The lowest BCUT2D eigenvalue weighted by molar-refractivity contribution is 0.0694. The van der Waals surface area contributed by atoms with Crippen molar-refractivity contribution in [3.63, 3.8) is 0 Å². The van der Waals surface area contributed by atoms with Crippen LogP contribution in [0.2, 0.25) is 0 Å². The zero-order valence-corrected chi connectivity index (χ0v) is 19.1. The summed E-state index contributed by atoms with van der Waals surface area (Å²) in [5.41, 5.74) is 3.05. The quantitative estimate of drug-likeness (QED) is 0.611. The van der Waals surface area contributed by atoms with Crippen LogP contribution in [-0.2, 0) is 16.1 Å². The van der Waals surface area contributed by atoms with Gasteiger partial charge in [-0.2, -0.15) is 0 Å². The van der Waals surface area contributed by atoms with Crippen LogP contribution in [0.4, 0.5) is 0 Å². The summed E-state index contributed by atoms with van der Waals surface area (Å²) >= 11 is 0. The van der Waals surface area contributed by atoms with Crippen LogP contribution in [0.5, 0.6) is 5.75 Å². The molecule has 1 N–H and O–H groups in total. The molecule has 2 aromatic rings. The summed E-state index contributed by atoms with van der Waals surface area (Å²) < 4.78 is 18.7. The van der Waals surface area contributed by atoms with Gasteiger partial charge in [-0.3, -0.25) is 14.5 Å². The second-order valence-corrected chi connectivity index (χ2v) is 9.24. The van der Waals surface area contributed by atoms with Crippen molar-refractivity contribution in [2.45, 2.75) is 56.7 Å². The number of methoxy groups -OCH3 is 2. The number of benzene rings is 1. The normalized spacial score (nSPS) is 19.6. The Balaban J connectivity index is 1.66. The maximum Gasteiger partial charge on any atom is 0.341 e. The van der Waals surface area contributed by atoms with Crippen LogP contribution in [-0.4, -0.2) is 48.7 Å². The summed E-state index contributed by atoms with van der Waals surface area (Å²) in [5.74, 6) is -0.404. The summed E-state index contributed by atoms with van der Waals surface area (Å²) in [4.78, 5) is 24.4. The second-order valence-electron chi connectivity index (χ2n) is 9.24. The van der Waals surface area contributed by atoms with E-state index >= 15 is 0 Å². The van der Waals surface area contributed by atoms with Crippen molar-refractivity contribution in [1.29, 1.82) is 0 Å². The fourth-order valence-corrected chi connectivity index (χ4v) is 5.69. The summed E-state index contributed by atoms with van der Waals surface area (Å²) in [6, 6.07) is 5.72. The minimum Gasteiger partial charge on any atom is -0.493 e. The molecule has 176 valence electrons. The average molecular weight is 455 g/mol. The first-order valence-corrected chi connectivity index (χ1v) is 11.6. The van der Waals surface area contributed by atoms with Gasteiger partial charge in [0.1, 0.15) is 11.3 Å². The third-order valence-corrected chi connectivity index (χ3v) is 7.36. The second kappa shape index (κ2) is 8.50. The lowest BCUT2D eigenvalue weighted by atomic mass is 9.75. The first kappa shape index (κ1) is 22.0. The number of hydrogen-bond acceptors (Lipinski definition) is 6. The molecule has 8 nitrogen and oxygen atoms in total. The molecule has 8 heteroatoms. The predicted molar refractivity (Wildman–Crippen MR) is 123 cm³/mol. The Morgan fingerprint density at radius 2 is 1.97 bits per heavy atom. The van der Waals surface area contributed by atoms with Gasteiger partial charge < -0.3 is 19.3 Å². The molecular weight excluding hydrogens is 424 g/mol. The topological polar surface area (TPSA) is 90.2 Å². The highest BCUT2D eigenvalue weighted by molar-refractivity contribution is 5.88. The van der Waals surface area contributed by atoms with Crippen molar-refractivity contribution in [3.8, 4) is 17.0 Å². The van der Waals surface area contributed by atoms with E-state index in [-0.39, 0.29) is 17.1 Å². The van der Waals surface area contributed by atoms with Crippen LogP contribution in [0, 0.1) is 0 Å². The molecule has 3 heterocycles. The number of ether oxygens (including phenoxy) is 3. The predicted octanol–water partition coefficient (Wildman–Crippen LogP) is 3.48. The number of rotatable bonds is 8. The van der Waals surface area contributed by atoms with Crippen LogP contribution < -0.4 is 15.2 Å². The van der Waals surface area contributed by atoms with E-state index in [0.29, 0.717) is 19.8 Å². The van der Waals surface area contributed by atoms with Gasteiger partial charge in [0, 0.05) is 50.6 Å². The largest absolute Gasteiger partial charge is 0.493 e. The van der Waals surface area contributed by atoms with Crippen LogP contribution in [0.3, 0.4) is 0 Å². The highest BCUT2D eigenvalue weighted by atomic mass is 16.5. The monoisotopic (exact) mass is 454 g/mol. The van der Waals surface area contributed by atoms with Crippen molar-refractivity contribution in [1.82, 2.24) is 4.68 Å².